The van der Waals surface area contributed by atoms with Crippen LogP contribution in [-0.2, 0) is 4.79 Å². The van der Waals surface area contributed by atoms with Gasteiger partial charge in [-0.05, 0) is 48.9 Å². The van der Waals surface area contributed by atoms with Crippen LogP contribution < -0.4 is 19.5 Å². The highest BCUT2D eigenvalue weighted by molar-refractivity contribution is 6.32. The van der Waals surface area contributed by atoms with Gasteiger partial charge in [-0.25, -0.2) is 0 Å². The predicted molar refractivity (Wildman–Crippen MR) is 97.4 cm³/mol. The number of ether oxygens (including phenoxy) is 3. The van der Waals surface area contributed by atoms with E-state index in [1.54, 1.807) is 36.4 Å². The molecule has 0 fully saturated rings. The zero-order chi connectivity index (χ0) is 18.5. The molecule has 1 heterocycles. The van der Waals surface area contributed by atoms with Crippen molar-refractivity contribution >= 4 is 29.3 Å². The van der Waals surface area contributed by atoms with Crippen molar-refractivity contribution in [2.45, 2.75) is 6.92 Å². The first-order valence-corrected chi connectivity index (χ1v) is 8.23. The monoisotopic (exact) mass is 370 g/mol. The second kappa shape index (κ2) is 7.81. The quantitative estimate of drug-likeness (QED) is 0.635. The standard InChI is InChI=1S/C19H15ClN2O4/c1-2-24-15-5-3-14(4-6-15)22-19(23)13(10-21)7-12-8-17-18(9-16(12)20)26-11-25-17/h3-9H,2,11H2,1H3,(H,22,23)/b13-7+. The first-order valence-electron chi connectivity index (χ1n) is 7.86. The molecule has 0 bridgehead atoms. The van der Waals surface area contributed by atoms with Gasteiger partial charge >= 0.3 is 0 Å². The first-order chi connectivity index (χ1) is 12.6. The van der Waals surface area contributed by atoms with Crippen molar-refractivity contribution in [2.24, 2.45) is 0 Å². The summed E-state index contributed by atoms with van der Waals surface area (Å²) in [6.07, 6.45) is 1.41. The number of amides is 1. The minimum absolute atomic E-state index is 0.0837. The molecule has 0 spiro atoms. The highest BCUT2D eigenvalue weighted by Crippen LogP contribution is 2.37. The Balaban J connectivity index is 1.79. The van der Waals surface area contributed by atoms with Gasteiger partial charge in [-0.3, -0.25) is 4.79 Å². The van der Waals surface area contributed by atoms with Crippen LogP contribution in [0, 0.1) is 11.3 Å². The number of nitriles is 1. The summed E-state index contributed by atoms with van der Waals surface area (Å²) < 4.78 is 15.9. The topological polar surface area (TPSA) is 80.6 Å². The molecule has 0 aliphatic carbocycles. The molecule has 7 heteroatoms. The number of carbonyl (C=O) groups is 1. The summed E-state index contributed by atoms with van der Waals surface area (Å²) in [5.74, 6) is 1.22. The first kappa shape index (κ1) is 17.6. The third kappa shape index (κ3) is 3.90. The number of halogens is 1. The van der Waals surface area contributed by atoms with Crippen LogP contribution in [0.1, 0.15) is 12.5 Å². The second-order valence-corrected chi connectivity index (χ2v) is 5.72. The molecule has 1 amide bonds. The van der Waals surface area contributed by atoms with Gasteiger partial charge in [0.25, 0.3) is 5.91 Å². The highest BCUT2D eigenvalue weighted by Gasteiger charge is 2.17. The van der Waals surface area contributed by atoms with E-state index in [1.807, 2.05) is 13.0 Å². The van der Waals surface area contributed by atoms with E-state index in [1.165, 1.54) is 6.08 Å². The van der Waals surface area contributed by atoms with Gasteiger partial charge in [0.05, 0.1) is 11.6 Å². The van der Waals surface area contributed by atoms with Crippen LogP contribution in [-0.4, -0.2) is 19.3 Å². The van der Waals surface area contributed by atoms with Crippen molar-refractivity contribution in [1.82, 2.24) is 0 Å². The van der Waals surface area contributed by atoms with Gasteiger partial charge in [-0.15, -0.1) is 0 Å². The molecule has 0 unspecified atom stereocenters. The van der Waals surface area contributed by atoms with Gasteiger partial charge in [0, 0.05) is 11.8 Å². The summed E-state index contributed by atoms with van der Waals surface area (Å²) in [6.45, 7) is 2.56. The van der Waals surface area contributed by atoms with Crippen molar-refractivity contribution in [1.29, 1.82) is 5.26 Å². The Hall–Kier alpha value is -3.17. The molecule has 0 saturated carbocycles. The van der Waals surface area contributed by atoms with Crippen LogP contribution in [0.4, 0.5) is 5.69 Å². The van der Waals surface area contributed by atoms with Gasteiger partial charge < -0.3 is 19.5 Å². The third-order valence-electron chi connectivity index (χ3n) is 3.58. The summed E-state index contributed by atoms with van der Waals surface area (Å²) in [7, 11) is 0. The Bertz CT molecular complexity index is 901. The lowest BCUT2D eigenvalue weighted by molar-refractivity contribution is -0.112. The molecule has 132 valence electrons. The van der Waals surface area contributed by atoms with Crippen LogP contribution >= 0.6 is 11.6 Å². The highest BCUT2D eigenvalue weighted by atomic mass is 35.5. The third-order valence-corrected chi connectivity index (χ3v) is 3.91. The van der Waals surface area contributed by atoms with Crippen molar-refractivity contribution in [3.05, 3.63) is 52.6 Å². The molecule has 3 rings (SSSR count). The van der Waals surface area contributed by atoms with Gasteiger partial charge in [-0.1, -0.05) is 11.6 Å². The number of hydrogen-bond donors (Lipinski definition) is 1. The molecule has 26 heavy (non-hydrogen) atoms. The van der Waals surface area contributed by atoms with Crippen LogP contribution in [0.2, 0.25) is 5.02 Å². The van der Waals surface area contributed by atoms with E-state index in [-0.39, 0.29) is 12.4 Å². The SMILES string of the molecule is CCOc1ccc(NC(=O)/C(C#N)=C/c2cc3c(cc2Cl)OCO3)cc1. The Kier molecular flexibility index (Phi) is 5.30. The summed E-state index contributed by atoms with van der Waals surface area (Å²) >= 11 is 6.19. The molecule has 1 aliphatic rings. The van der Waals surface area contributed by atoms with E-state index in [0.717, 1.165) is 0 Å². The number of nitrogens with zero attached hydrogens (tertiary/aromatic N) is 1. The van der Waals surface area contributed by atoms with Crippen molar-refractivity contribution in [3.63, 3.8) is 0 Å². The zero-order valence-electron chi connectivity index (χ0n) is 13.9. The van der Waals surface area contributed by atoms with E-state index in [2.05, 4.69) is 5.32 Å². The summed E-state index contributed by atoms with van der Waals surface area (Å²) in [4.78, 5) is 12.4. The lowest BCUT2D eigenvalue weighted by Gasteiger charge is -2.07. The minimum Gasteiger partial charge on any atom is -0.494 e. The number of rotatable bonds is 5. The van der Waals surface area contributed by atoms with Crippen LogP contribution in [0.3, 0.4) is 0 Å². The molecule has 6 nitrogen and oxygen atoms in total. The molecule has 0 atom stereocenters. The number of benzene rings is 2. The number of hydrogen-bond acceptors (Lipinski definition) is 5. The molecule has 0 saturated heterocycles. The van der Waals surface area contributed by atoms with E-state index in [0.29, 0.717) is 40.1 Å². The average molecular weight is 371 g/mol. The van der Waals surface area contributed by atoms with Crippen LogP contribution in [0.5, 0.6) is 17.2 Å². The Morgan fingerprint density at radius 1 is 1.31 bits per heavy atom. The fourth-order valence-corrected chi connectivity index (χ4v) is 2.56. The molecular formula is C19H15ClN2O4. The van der Waals surface area contributed by atoms with Gasteiger partial charge in [0.2, 0.25) is 6.79 Å². The lowest BCUT2D eigenvalue weighted by Crippen LogP contribution is -2.13. The number of anilines is 1. The van der Waals surface area contributed by atoms with E-state index in [4.69, 9.17) is 25.8 Å². The maximum Gasteiger partial charge on any atom is 0.266 e. The van der Waals surface area contributed by atoms with Crippen LogP contribution in [0.15, 0.2) is 42.0 Å². The Morgan fingerprint density at radius 3 is 2.65 bits per heavy atom. The predicted octanol–water partition coefficient (Wildman–Crippen LogP) is 4.01. The van der Waals surface area contributed by atoms with E-state index < -0.39 is 5.91 Å². The summed E-state index contributed by atoms with van der Waals surface area (Å²) in [5, 5.41) is 12.4. The summed E-state index contributed by atoms with van der Waals surface area (Å²) in [5.41, 5.74) is 0.963. The van der Waals surface area contributed by atoms with Crippen molar-refractivity contribution in [2.75, 3.05) is 18.7 Å². The van der Waals surface area contributed by atoms with Gasteiger partial charge in [0.15, 0.2) is 11.5 Å². The largest absolute Gasteiger partial charge is 0.494 e. The van der Waals surface area contributed by atoms with E-state index in [9.17, 15) is 10.1 Å². The fraction of sp³-hybridized carbons (Fsp3) is 0.158. The average Bonchev–Trinajstić information content (AvgIpc) is 3.08. The smallest absolute Gasteiger partial charge is 0.266 e. The van der Waals surface area contributed by atoms with Gasteiger partial charge in [0.1, 0.15) is 17.4 Å². The molecule has 0 radical (unpaired) electrons. The summed E-state index contributed by atoms with van der Waals surface area (Å²) in [6, 6.07) is 12.0. The number of nitrogens with one attached hydrogen (secondary N) is 1. The van der Waals surface area contributed by atoms with Crippen molar-refractivity contribution in [3.8, 4) is 23.3 Å². The Labute approximate surface area is 155 Å². The number of carbonyl (C=O) groups excluding carboxylic acids is 1. The zero-order valence-corrected chi connectivity index (χ0v) is 14.7. The van der Waals surface area contributed by atoms with Crippen molar-refractivity contribution < 1.29 is 19.0 Å². The maximum atomic E-state index is 12.4. The minimum atomic E-state index is -0.537. The maximum absolute atomic E-state index is 12.4. The molecule has 0 aromatic heterocycles. The Morgan fingerprint density at radius 2 is 2.00 bits per heavy atom. The van der Waals surface area contributed by atoms with Gasteiger partial charge in [-0.2, -0.15) is 5.26 Å². The molecule has 1 N–H and O–H groups in total. The second-order valence-electron chi connectivity index (χ2n) is 5.31. The normalized spacial score (nSPS) is 12.4. The van der Waals surface area contributed by atoms with E-state index >= 15 is 0 Å². The fourth-order valence-electron chi connectivity index (χ4n) is 2.35. The molecule has 2 aromatic carbocycles. The molecule has 1 aliphatic heterocycles. The molecule has 2 aromatic rings. The van der Waals surface area contributed by atoms with Crippen LogP contribution in [0.25, 0.3) is 6.08 Å². The molecular weight excluding hydrogens is 356 g/mol. The lowest BCUT2D eigenvalue weighted by atomic mass is 10.1. The number of fused-ring (bicyclic) bond motifs is 1.